The van der Waals surface area contributed by atoms with E-state index in [2.05, 4.69) is 4.90 Å². The Labute approximate surface area is 180 Å². The first-order chi connectivity index (χ1) is 15.1. The van der Waals surface area contributed by atoms with Gasteiger partial charge in [-0.25, -0.2) is 9.18 Å². The van der Waals surface area contributed by atoms with Crippen molar-refractivity contribution in [3.05, 3.63) is 90.2 Å². The van der Waals surface area contributed by atoms with E-state index in [0.29, 0.717) is 31.7 Å². The number of piperazine rings is 1. The molecule has 0 N–H and O–H groups in total. The van der Waals surface area contributed by atoms with Crippen LogP contribution >= 0.6 is 0 Å². The van der Waals surface area contributed by atoms with Gasteiger partial charge in [0.15, 0.2) is 6.61 Å². The number of anilines is 1. The summed E-state index contributed by atoms with van der Waals surface area (Å²) in [7, 11) is 0. The molecular formula is C25H23FN2O3. The first kappa shape index (κ1) is 20.6. The van der Waals surface area contributed by atoms with Crippen LogP contribution < -0.4 is 4.90 Å². The summed E-state index contributed by atoms with van der Waals surface area (Å²) in [4.78, 5) is 28.5. The van der Waals surface area contributed by atoms with Gasteiger partial charge in [0, 0.05) is 31.9 Å². The van der Waals surface area contributed by atoms with Crippen LogP contribution in [-0.2, 0) is 9.53 Å². The van der Waals surface area contributed by atoms with Gasteiger partial charge in [-0.1, -0.05) is 42.5 Å². The van der Waals surface area contributed by atoms with Gasteiger partial charge in [0.05, 0.1) is 5.56 Å². The molecule has 0 spiro atoms. The predicted molar refractivity (Wildman–Crippen MR) is 117 cm³/mol. The van der Waals surface area contributed by atoms with Crippen LogP contribution in [0.3, 0.4) is 0 Å². The van der Waals surface area contributed by atoms with Crippen molar-refractivity contribution in [3.63, 3.8) is 0 Å². The molecule has 1 amide bonds. The lowest BCUT2D eigenvalue weighted by atomic mass is 10.0. The third-order valence-electron chi connectivity index (χ3n) is 5.38. The van der Waals surface area contributed by atoms with Gasteiger partial charge in [0.25, 0.3) is 5.91 Å². The molecule has 1 saturated heterocycles. The Kier molecular flexibility index (Phi) is 6.26. The van der Waals surface area contributed by atoms with Crippen molar-refractivity contribution in [2.45, 2.75) is 0 Å². The molecule has 0 radical (unpaired) electrons. The second-order valence-electron chi connectivity index (χ2n) is 7.36. The number of hydrogen-bond acceptors (Lipinski definition) is 4. The average Bonchev–Trinajstić information content (AvgIpc) is 2.83. The lowest BCUT2D eigenvalue weighted by molar-refractivity contribution is -0.134. The molecule has 4 rings (SSSR count). The summed E-state index contributed by atoms with van der Waals surface area (Å²) in [5, 5.41) is 0. The summed E-state index contributed by atoms with van der Waals surface area (Å²) in [6.45, 7) is 2.06. The van der Waals surface area contributed by atoms with Crippen molar-refractivity contribution in [1.29, 1.82) is 0 Å². The van der Waals surface area contributed by atoms with Gasteiger partial charge in [-0.15, -0.1) is 0 Å². The number of esters is 1. The fourth-order valence-corrected chi connectivity index (χ4v) is 3.60. The van der Waals surface area contributed by atoms with Gasteiger partial charge in [0.1, 0.15) is 5.82 Å². The van der Waals surface area contributed by atoms with Crippen LogP contribution in [0.4, 0.5) is 10.1 Å². The van der Waals surface area contributed by atoms with Gasteiger partial charge in [0.2, 0.25) is 0 Å². The molecule has 0 bridgehead atoms. The minimum Gasteiger partial charge on any atom is -0.452 e. The average molecular weight is 418 g/mol. The molecule has 3 aromatic rings. The molecule has 0 aliphatic carbocycles. The number of carbonyl (C=O) groups excluding carboxylic acids is 2. The Morgan fingerprint density at radius 1 is 0.774 bits per heavy atom. The first-order valence-corrected chi connectivity index (χ1v) is 10.2. The van der Waals surface area contributed by atoms with Gasteiger partial charge in [-0.05, 0) is 47.5 Å². The summed E-state index contributed by atoms with van der Waals surface area (Å²) in [6, 6.07) is 23.3. The molecule has 0 saturated carbocycles. The van der Waals surface area contributed by atoms with Crippen molar-refractivity contribution in [2.24, 2.45) is 0 Å². The highest BCUT2D eigenvalue weighted by Crippen LogP contribution is 2.20. The van der Waals surface area contributed by atoms with Crippen molar-refractivity contribution in [1.82, 2.24) is 4.90 Å². The summed E-state index contributed by atoms with van der Waals surface area (Å²) < 4.78 is 18.3. The van der Waals surface area contributed by atoms with E-state index in [1.54, 1.807) is 29.2 Å². The Morgan fingerprint density at radius 2 is 1.39 bits per heavy atom. The van der Waals surface area contributed by atoms with Crippen molar-refractivity contribution < 1.29 is 18.7 Å². The van der Waals surface area contributed by atoms with E-state index in [9.17, 15) is 14.0 Å². The van der Waals surface area contributed by atoms with Gasteiger partial charge >= 0.3 is 5.97 Å². The number of rotatable bonds is 5. The van der Waals surface area contributed by atoms with Crippen LogP contribution in [0.1, 0.15) is 10.4 Å². The van der Waals surface area contributed by atoms with Crippen LogP contribution in [0.25, 0.3) is 11.1 Å². The molecule has 1 aliphatic rings. The summed E-state index contributed by atoms with van der Waals surface area (Å²) >= 11 is 0. The molecule has 0 unspecified atom stereocenters. The van der Waals surface area contributed by atoms with Gasteiger partial charge < -0.3 is 14.5 Å². The smallest absolute Gasteiger partial charge is 0.338 e. The van der Waals surface area contributed by atoms with E-state index in [1.807, 2.05) is 42.5 Å². The maximum atomic E-state index is 13.1. The second-order valence-corrected chi connectivity index (χ2v) is 7.36. The highest BCUT2D eigenvalue weighted by molar-refractivity contribution is 5.92. The van der Waals surface area contributed by atoms with E-state index < -0.39 is 5.97 Å². The summed E-state index contributed by atoms with van der Waals surface area (Å²) in [5.74, 6) is -1.000. The number of halogens is 1. The Morgan fingerprint density at radius 3 is 2.03 bits per heavy atom. The molecular weight excluding hydrogens is 395 g/mol. The lowest BCUT2D eigenvalue weighted by Gasteiger charge is -2.36. The van der Waals surface area contributed by atoms with Crippen molar-refractivity contribution in [3.8, 4) is 11.1 Å². The Hall–Kier alpha value is -3.67. The molecule has 31 heavy (non-hydrogen) atoms. The van der Waals surface area contributed by atoms with E-state index in [-0.39, 0.29) is 18.3 Å². The zero-order valence-corrected chi connectivity index (χ0v) is 17.0. The topological polar surface area (TPSA) is 49.9 Å². The van der Waals surface area contributed by atoms with Crippen LogP contribution in [0, 0.1) is 5.82 Å². The number of nitrogens with zero attached hydrogens (tertiary/aromatic N) is 2. The van der Waals surface area contributed by atoms with E-state index in [1.165, 1.54) is 12.1 Å². The standard InChI is InChI=1S/C25H23FN2O3/c26-22-10-12-23(13-11-22)27-14-16-28(17-15-27)24(29)18-31-25(30)21-8-6-20(7-9-21)19-4-2-1-3-5-19/h1-13H,14-18H2. The maximum absolute atomic E-state index is 13.1. The molecule has 1 heterocycles. The SMILES string of the molecule is O=C(OCC(=O)N1CCN(c2ccc(F)cc2)CC1)c1ccc(-c2ccccc2)cc1. The van der Waals surface area contributed by atoms with E-state index in [0.717, 1.165) is 16.8 Å². The van der Waals surface area contributed by atoms with E-state index >= 15 is 0 Å². The second kappa shape index (κ2) is 9.43. The fraction of sp³-hybridized carbons (Fsp3) is 0.200. The van der Waals surface area contributed by atoms with Crippen LogP contribution in [-0.4, -0.2) is 49.6 Å². The largest absolute Gasteiger partial charge is 0.452 e. The maximum Gasteiger partial charge on any atom is 0.338 e. The van der Waals surface area contributed by atoms with Crippen LogP contribution in [0.5, 0.6) is 0 Å². The first-order valence-electron chi connectivity index (χ1n) is 10.2. The number of carbonyl (C=O) groups is 2. The molecule has 158 valence electrons. The number of hydrogen-bond donors (Lipinski definition) is 0. The quantitative estimate of drug-likeness (QED) is 0.588. The number of benzene rings is 3. The molecule has 5 nitrogen and oxygen atoms in total. The van der Waals surface area contributed by atoms with Crippen LogP contribution in [0.2, 0.25) is 0 Å². The van der Waals surface area contributed by atoms with E-state index in [4.69, 9.17) is 4.74 Å². The number of amides is 1. The molecule has 3 aromatic carbocycles. The zero-order chi connectivity index (χ0) is 21.6. The molecule has 0 aromatic heterocycles. The lowest BCUT2D eigenvalue weighted by Crippen LogP contribution is -2.49. The highest BCUT2D eigenvalue weighted by atomic mass is 19.1. The third-order valence-corrected chi connectivity index (χ3v) is 5.38. The number of ether oxygens (including phenoxy) is 1. The van der Waals surface area contributed by atoms with Gasteiger partial charge in [-0.2, -0.15) is 0 Å². The molecule has 1 aliphatic heterocycles. The van der Waals surface area contributed by atoms with Crippen molar-refractivity contribution >= 4 is 17.6 Å². The predicted octanol–water partition coefficient (Wildman–Crippen LogP) is 4.00. The fourth-order valence-electron chi connectivity index (χ4n) is 3.60. The third kappa shape index (κ3) is 5.09. The Balaban J connectivity index is 1.26. The van der Waals surface area contributed by atoms with Crippen molar-refractivity contribution in [2.75, 3.05) is 37.7 Å². The highest BCUT2D eigenvalue weighted by Gasteiger charge is 2.22. The molecule has 6 heteroatoms. The summed E-state index contributed by atoms with van der Waals surface area (Å²) in [5.41, 5.74) is 3.41. The molecule has 1 fully saturated rings. The van der Waals surface area contributed by atoms with Crippen LogP contribution in [0.15, 0.2) is 78.9 Å². The molecule has 0 atom stereocenters. The monoisotopic (exact) mass is 418 g/mol. The zero-order valence-electron chi connectivity index (χ0n) is 17.0. The normalized spacial score (nSPS) is 13.7. The van der Waals surface area contributed by atoms with Gasteiger partial charge in [-0.3, -0.25) is 4.79 Å². The minimum absolute atomic E-state index is 0.215. The summed E-state index contributed by atoms with van der Waals surface area (Å²) in [6.07, 6.45) is 0. The Bertz CT molecular complexity index is 1030. The minimum atomic E-state index is -0.516.